The van der Waals surface area contributed by atoms with Crippen molar-refractivity contribution in [2.75, 3.05) is 6.54 Å². The highest BCUT2D eigenvalue weighted by molar-refractivity contribution is 7.18. The average Bonchev–Trinajstić information content (AvgIpc) is 2.27. The second-order valence-corrected chi connectivity index (χ2v) is 4.54. The first-order valence-corrected chi connectivity index (χ1v) is 6.83. The van der Waals surface area contributed by atoms with Crippen LogP contribution < -0.4 is 11.1 Å². The Bertz CT molecular complexity index is 204. The van der Waals surface area contributed by atoms with Gasteiger partial charge in [-0.15, -0.1) is 8.86 Å². The van der Waals surface area contributed by atoms with Crippen LogP contribution in [0.15, 0.2) is 4.99 Å². The van der Waals surface area contributed by atoms with E-state index in [-0.39, 0.29) is 0 Å². The maximum atomic E-state index is 5.74. The lowest BCUT2D eigenvalue weighted by atomic mass is 10.1. The smallest absolute Gasteiger partial charge is 0.188 e. The topological polar surface area (TPSA) is 50.4 Å². The molecule has 0 saturated heterocycles. The van der Waals surface area contributed by atoms with E-state index in [1.165, 1.54) is 19.3 Å². The predicted octanol–water partition coefficient (Wildman–Crippen LogP) is 2.58. The zero-order chi connectivity index (χ0) is 12.2. The lowest BCUT2D eigenvalue weighted by Gasteiger charge is -2.11. The zero-order valence-electron chi connectivity index (χ0n) is 10.6. The molecule has 16 heavy (non-hydrogen) atoms. The minimum Gasteiger partial charge on any atom is -0.370 e. The van der Waals surface area contributed by atoms with Gasteiger partial charge >= 0.3 is 0 Å². The van der Waals surface area contributed by atoms with Gasteiger partial charge in [0.2, 0.25) is 0 Å². The van der Waals surface area contributed by atoms with Crippen molar-refractivity contribution in [3.05, 3.63) is 0 Å². The van der Waals surface area contributed by atoms with Gasteiger partial charge in [0.15, 0.2) is 5.96 Å². The third-order valence-corrected chi connectivity index (χ3v) is 2.83. The van der Waals surface area contributed by atoms with Gasteiger partial charge in [-0.3, -0.25) is 4.99 Å². The lowest BCUT2D eigenvalue weighted by Crippen LogP contribution is -2.38. The Morgan fingerprint density at radius 3 is 2.69 bits per heavy atom. The molecule has 94 valence electrons. The zero-order valence-corrected chi connectivity index (χ0v) is 11.6. The fourth-order valence-electron chi connectivity index (χ4n) is 1.31. The molecule has 0 aliphatic rings. The predicted molar refractivity (Wildman–Crippen MR) is 76.8 cm³/mol. The molecule has 0 aliphatic carbocycles. The molecule has 0 rings (SSSR count). The van der Waals surface area contributed by atoms with E-state index >= 15 is 0 Å². The molecule has 4 heteroatoms. The molecule has 0 fully saturated rings. The maximum Gasteiger partial charge on any atom is 0.188 e. The van der Waals surface area contributed by atoms with Crippen LogP contribution >= 0.6 is 8.86 Å². The second-order valence-electron chi connectivity index (χ2n) is 4.13. The number of unbranched alkanes of at least 4 members (excludes halogenated alkanes) is 4. The third-order valence-electron chi connectivity index (χ3n) is 2.55. The average molecular weight is 243 g/mol. The number of guanidine groups is 1. The van der Waals surface area contributed by atoms with Crippen molar-refractivity contribution in [1.29, 1.82) is 0 Å². The van der Waals surface area contributed by atoms with E-state index in [1.807, 2.05) is 5.80 Å². The van der Waals surface area contributed by atoms with Gasteiger partial charge in [-0.05, 0) is 32.6 Å². The van der Waals surface area contributed by atoms with E-state index in [4.69, 9.17) is 5.73 Å². The molecule has 0 aromatic carbocycles. The molecule has 0 amide bonds. The van der Waals surface area contributed by atoms with Crippen LogP contribution in [0.4, 0.5) is 0 Å². The molecule has 0 aliphatic heterocycles. The van der Waals surface area contributed by atoms with Crippen LogP contribution in [0.3, 0.4) is 0 Å². The van der Waals surface area contributed by atoms with Gasteiger partial charge in [-0.25, -0.2) is 0 Å². The van der Waals surface area contributed by atoms with Crippen molar-refractivity contribution in [2.45, 2.75) is 58.4 Å². The van der Waals surface area contributed by atoms with Crippen LogP contribution in [0.25, 0.3) is 0 Å². The van der Waals surface area contributed by atoms with E-state index < -0.39 is 0 Å². The summed E-state index contributed by atoms with van der Waals surface area (Å²) < 4.78 is 0. The molecule has 0 radical (unpaired) electrons. The van der Waals surface area contributed by atoms with Crippen molar-refractivity contribution < 1.29 is 0 Å². The second kappa shape index (κ2) is 10.9. The first-order valence-electron chi connectivity index (χ1n) is 6.26. The molecule has 1 unspecified atom stereocenters. The minimum absolute atomic E-state index is 0.415. The van der Waals surface area contributed by atoms with Gasteiger partial charge in [0.1, 0.15) is 0 Å². The molecule has 0 aromatic rings. The maximum absolute atomic E-state index is 5.74. The van der Waals surface area contributed by atoms with Gasteiger partial charge in [-0.1, -0.05) is 25.6 Å². The lowest BCUT2D eigenvalue weighted by molar-refractivity contribution is 0.630. The monoisotopic (exact) mass is 243 g/mol. The summed E-state index contributed by atoms with van der Waals surface area (Å²) in [5.41, 5.74) is 5.74. The molecule has 0 spiro atoms. The number of nitrogens with two attached hydrogens (primary N) is 1. The van der Waals surface area contributed by atoms with Crippen LogP contribution in [0, 0.1) is 0 Å². The Labute approximate surface area is 102 Å². The van der Waals surface area contributed by atoms with Crippen molar-refractivity contribution >= 4 is 20.6 Å². The first-order chi connectivity index (χ1) is 7.70. The Morgan fingerprint density at radius 1 is 1.38 bits per heavy atom. The molecule has 3 nitrogen and oxygen atoms in total. The standard InChI is InChI=1S/C12H26N3P/c1-3-11(2)15-12(13)14-9-7-5-4-6-8-10-16/h10-11,16H,3-9H2,1-2H3,(H3,13,14,15). The summed E-state index contributed by atoms with van der Waals surface area (Å²) in [5.74, 6) is 2.62. The Morgan fingerprint density at radius 2 is 2.06 bits per heavy atom. The SMILES string of the molecule is CCC(C)NC(N)=NCCCCCCC=P. The molecule has 0 saturated carbocycles. The van der Waals surface area contributed by atoms with Gasteiger partial charge in [0.25, 0.3) is 0 Å². The first kappa shape index (κ1) is 15.4. The molecule has 0 heterocycles. The van der Waals surface area contributed by atoms with E-state index in [1.54, 1.807) is 0 Å². The molecular formula is C12H26N3P. The highest BCUT2D eigenvalue weighted by atomic mass is 31.0. The largest absolute Gasteiger partial charge is 0.370 e. The summed E-state index contributed by atoms with van der Waals surface area (Å²) in [7, 11) is 3.35. The molecule has 3 N–H and O–H groups in total. The fraction of sp³-hybridized carbons (Fsp3) is 0.833. The van der Waals surface area contributed by atoms with Crippen molar-refractivity contribution in [3.8, 4) is 0 Å². The summed E-state index contributed by atoms with van der Waals surface area (Å²) >= 11 is 0. The van der Waals surface area contributed by atoms with E-state index in [9.17, 15) is 0 Å². The molecular weight excluding hydrogens is 217 g/mol. The van der Waals surface area contributed by atoms with Gasteiger partial charge in [-0.2, -0.15) is 0 Å². The summed E-state index contributed by atoms with van der Waals surface area (Å²) in [6, 6.07) is 0.415. The van der Waals surface area contributed by atoms with E-state index in [0.29, 0.717) is 12.0 Å². The van der Waals surface area contributed by atoms with Crippen LogP contribution in [-0.2, 0) is 0 Å². The number of rotatable bonds is 9. The number of hydrogen-bond donors (Lipinski definition) is 2. The summed E-state index contributed by atoms with van der Waals surface area (Å²) in [6.07, 6.45) is 7.12. The van der Waals surface area contributed by atoms with E-state index in [0.717, 1.165) is 25.8 Å². The Balaban J connectivity index is 3.40. The molecule has 1 atom stereocenters. The highest BCUT2D eigenvalue weighted by Crippen LogP contribution is 2.02. The molecule has 0 bridgehead atoms. The Kier molecular flexibility index (Phi) is 10.6. The van der Waals surface area contributed by atoms with Crippen molar-refractivity contribution in [1.82, 2.24) is 5.32 Å². The highest BCUT2D eigenvalue weighted by Gasteiger charge is 1.97. The van der Waals surface area contributed by atoms with Crippen molar-refractivity contribution in [2.24, 2.45) is 10.7 Å². The summed E-state index contributed by atoms with van der Waals surface area (Å²) in [4.78, 5) is 4.30. The van der Waals surface area contributed by atoms with Gasteiger partial charge in [0, 0.05) is 12.6 Å². The minimum atomic E-state index is 0.415. The quantitative estimate of drug-likeness (QED) is 0.283. The Hall–Kier alpha value is -0.560. The van der Waals surface area contributed by atoms with Crippen LogP contribution in [-0.4, -0.2) is 24.3 Å². The van der Waals surface area contributed by atoms with Gasteiger partial charge < -0.3 is 11.1 Å². The molecule has 0 aromatic heterocycles. The summed E-state index contributed by atoms with van der Waals surface area (Å²) in [5, 5.41) is 3.16. The van der Waals surface area contributed by atoms with Crippen LogP contribution in [0.1, 0.15) is 52.4 Å². The van der Waals surface area contributed by atoms with Crippen LogP contribution in [0.5, 0.6) is 0 Å². The summed E-state index contributed by atoms with van der Waals surface area (Å²) in [6.45, 7) is 5.08. The number of nitrogens with one attached hydrogen (secondary N) is 1. The fourth-order valence-corrected chi connectivity index (χ4v) is 1.52. The third kappa shape index (κ3) is 9.97. The van der Waals surface area contributed by atoms with Crippen LogP contribution in [0.2, 0.25) is 0 Å². The normalized spacial score (nSPS) is 13.5. The van der Waals surface area contributed by atoms with E-state index in [2.05, 4.69) is 33.0 Å². The van der Waals surface area contributed by atoms with Gasteiger partial charge in [0.05, 0.1) is 0 Å². The number of aliphatic imine (C=N–C) groups is 1. The van der Waals surface area contributed by atoms with Crippen molar-refractivity contribution in [3.63, 3.8) is 0 Å². The number of hydrogen-bond acceptors (Lipinski definition) is 1. The number of nitrogens with zero attached hydrogens (tertiary/aromatic N) is 1.